The molecule has 0 aliphatic heterocycles. The maximum absolute atomic E-state index is 8.39. The van der Waals surface area contributed by atoms with E-state index in [9.17, 15) is 0 Å². The van der Waals surface area contributed by atoms with Crippen molar-refractivity contribution < 1.29 is 0 Å². The summed E-state index contributed by atoms with van der Waals surface area (Å²) in [5.74, 6) is 0.431. The lowest BCUT2D eigenvalue weighted by molar-refractivity contribution is 0.747. The van der Waals surface area contributed by atoms with Crippen molar-refractivity contribution >= 4 is 5.82 Å². The molecule has 4 heteroatoms. The summed E-state index contributed by atoms with van der Waals surface area (Å²) >= 11 is 0. The Bertz CT molecular complexity index is 302. The number of rotatable bonds is 2. The molecule has 0 aliphatic rings. The highest BCUT2D eigenvalue weighted by atomic mass is 14.8. The Morgan fingerprint density at radius 1 is 1.67 bits per heavy atom. The van der Waals surface area contributed by atoms with Crippen LogP contribution in [-0.2, 0) is 0 Å². The smallest absolute Gasteiger partial charge is 0.123 e. The molecule has 0 fully saturated rings. The molecule has 12 heavy (non-hydrogen) atoms. The first kappa shape index (κ1) is 8.50. The van der Waals surface area contributed by atoms with E-state index >= 15 is 0 Å². The van der Waals surface area contributed by atoms with Gasteiger partial charge in [-0.15, -0.1) is 0 Å². The van der Waals surface area contributed by atoms with Crippen LogP contribution in [0.3, 0.4) is 0 Å². The van der Waals surface area contributed by atoms with Gasteiger partial charge in [0.2, 0.25) is 0 Å². The maximum Gasteiger partial charge on any atom is 0.123 e. The molecule has 0 saturated carbocycles. The Balaban J connectivity index is 2.82. The van der Waals surface area contributed by atoms with Crippen LogP contribution in [0.15, 0.2) is 18.3 Å². The van der Waals surface area contributed by atoms with E-state index in [2.05, 4.69) is 4.98 Å². The van der Waals surface area contributed by atoms with Gasteiger partial charge in [-0.3, -0.25) is 0 Å². The quantitative estimate of drug-likeness (QED) is 0.665. The highest BCUT2D eigenvalue weighted by molar-refractivity contribution is 5.33. The molecule has 4 nitrogen and oxygen atoms in total. The molecule has 0 aromatic carbocycles. The number of anilines is 1. The third-order valence-electron chi connectivity index (χ3n) is 1.54. The van der Waals surface area contributed by atoms with Crippen molar-refractivity contribution in [2.24, 2.45) is 5.73 Å². The average molecular weight is 162 g/mol. The fourth-order valence-corrected chi connectivity index (χ4v) is 0.912. The van der Waals surface area contributed by atoms with Crippen LogP contribution in [0.4, 0.5) is 5.82 Å². The number of pyridine rings is 1. The minimum Gasteiger partial charge on any atom is -0.384 e. The molecule has 0 aliphatic carbocycles. The third-order valence-corrected chi connectivity index (χ3v) is 1.54. The number of aromatic nitrogens is 1. The van der Waals surface area contributed by atoms with E-state index in [-0.39, 0.29) is 6.04 Å². The van der Waals surface area contributed by atoms with Crippen LogP contribution in [0.2, 0.25) is 0 Å². The van der Waals surface area contributed by atoms with Gasteiger partial charge in [0.15, 0.2) is 0 Å². The first-order chi connectivity index (χ1) is 5.74. The van der Waals surface area contributed by atoms with Crippen LogP contribution in [0.5, 0.6) is 0 Å². The van der Waals surface area contributed by atoms with Crippen molar-refractivity contribution in [1.82, 2.24) is 4.98 Å². The first-order valence-corrected chi connectivity index (χ1v) is 3.58. The van der Waals surface area contributed by atoms with Gasteiger partial charge < -0.3 is 11.5 Å². The van der Waals surface area contributed by atoms with Gasteiger partial charge in [0, 0.05) is 12.2 Å². The van der Waals surface area contributed by atoms with Crippen LogP contribution in [0, 0.1) is 11.3 Å². The Morgan fingerprint density at radius 3 is 3.00 bits per heavy atom. The molecule has 0 bridgehead atoms. The third kappa shape index (κ3) is 1.94. The highest BCUT2D eigenvalue weighted by Crippen LogP contribution is 2.13. The molecule has 0 saturated heterocycles. The van der Waals surface area contributed by atoms with E-state index in [4.69, 9.17) is 16.7 Å². The lowest BCUT2D eigenvalue weighted by atomic mass is 10.1. The van der Waals surface area contributed by atoms with Crippen LogP contribution in [0.1, 0.15) is 18.0 Å². The summed E-state index contributed by atoms with van der Waals surface area (Å²) in [6.07, 6.45) is 1.88. The summed E-state index contributed by atoms with van der Waals surface area (Å²) in [4.78, 5) is 3.82. The first-order valence-electron chi connectivity index (χ1n) is 3.58. The Labute approximate surface area is 70.8 Å². The number of nitrogens with two attached hydrogens (primary N) is 2. The van der Waals surface area contributed by atoms with Crippen LogP contribution in [-0.4, -0.2) is 4.98 Å². The second-order valence-electron chi connectivity index (χ2n) is 2.48. The molecule has 0 radical (unpaired) electrons. The lowest BCUT2D eigenvalue weighted by Gasteiger charge is -2.06. The Morgan fingerprint density at radius 2 is 2.42 bits per heavy atom. The largest absolute Gasteiger partial charge is 0.384 e. The Kier molecular flexibility index (Phi) is 2.62. The zero-order valence-electron chi connectivity index (χ0n) is 6.57. The average Bonchev–Trinajstić information content (AvgIpc) is 2.05. The van der Waals surface area contributed by atoms with Crippen molar-refractivity contribution in [1.29, 1.82) is 5.26 Å². The monoisotopic (exact) mass is 162 g/mol. The van der Waals surface area contributed by atoms with Crippen molar-refractivity contribution in [3.8, 4) is 6.07 Å². The van der Waals surface area contributed by atoms with Crippen molar-refractivity contribution in [2.75, 3.05) is 5.73 Å². The SMILES string of the molecule is N#CCC(N)c1ccnc(N)c1. The zero-order valence-corrected chi connectivity index (χ0v) is 6.57. The Hall–Kier alpha value is -1.60. The summed E-state index contributed by atoms with van der Waals surface area (Å²) in [5.41, 5.74) is 12.0. The van der Waals surface area contributed by atoms with E-state index in [0.29, 0.717) is 12.2 Å². The van der Waals surface area contributed by atoms with Crippen molar-refractivity contribution in [3.05, 3.63) is 23.9 Å². The second kappa shape index (κ2) is 3.69. The standard InChI is InChI=1S/C8H10N4/c9-3-1-7(10)6-2-4-12-8(11)5-6/h2,4-5,7H,1,10H2,(H2,11,12). The summed E-state index contributed by atoms with van der Waals surface area (Å²) < 4.78 is 0. The molecule has 1 aromatic heterocycles. The lowest BCUT2D eigenvalue weighted by Crippen LogP contribution is -2.09. The van der Waals surface area contributed by atoms with Crippen molar-refractivity contribution in [2.45, 2.75) is 12.5 Å². The topological polar surface area (TPSA) is 88.7 Å². The number of nitriles is 1. The van der Waals surface area contributed by atoms with Gasteiger partial charge in [-0.2, -0.15) is 5.26 Å². The molecule has 1 aromatic rings. The summed E-state index contributed by atoms with van der Waals surface area (Å²) in [7, 11) is 0. The molecule has 0 spiro atoms. The molecule has 62 valence electrons. The maximum atomic E-state index is 8.39. The summed E-state index contributed by atoms with van der Waals surface area (Å²) in [6.45, 7) is 0. The summed E-state index contributed by atoms with van der Waals surface area (Å²) in [6, 6.07) is 5.18. The van der Waals surface area contributed by atoms with E-state index in [1.165, 1.54) is 0 Å². The number of nitrogen functional groups attached to an aromatic ring is 1. The van der Waals surface area contributed by atoms with E-state index in [1.807, 2.05) is 6.07 Å². The van der Waals surface area contributed by atoms with Gasteiger partial charge >= 0.3 is 0 Å². The van der Waals surface area contributed by atoms with Gasteiger partial charge in [0.1, 0.15) is 5.82 Å². The van der Waals surface area contributed by atoms with Crippen molar-refractivity contribution in [3.63, 3.8) is 0 Å². The second-order valence-corrected chi connectivity index (χ2v) is 2.48. The molecule has 0 amide bonds. The van der Waals surface area contributed by atoms with Gasteiger partial charge in [0.25, 0.3) is 0 Å². The molecule has 1 rings (SSSR count). The predicted octanol–water partition coefficient (Wildman–Crippen LogP) is 0.577. The summed E-state index contributed by atoms with van der Waals surface area (Å²) in [5, 5.41) is 8.39. The van der Waals surface area contributed by atoms with E-state index < -0.39 is 0 Å². The van der Waals surface area contributed by atoms with Crippen LogP contribution >= 0.6 is 0 Å². The molecule has 1 atom stereocenters. The zero-order chi connectivity index (χ0) is 8.97. The molecule has 1 unspecified atom stereocenters. The molecule has 4 N–H and O–H groups in total. The number of nitrogens with zero attached hydrogens (tertiary/aromatic N) is 2. The minimum absolute atomic E-state index is 0.264. The molecular formula is C8H10N4. The van der Waals surface area contributed by atoms with Gasteiger partial charge in [0.05, 0.1) is 12.5 Å². The molecular weight excluding hydrogens is 152 g/mol. The number of hydrogen-bond donors (Lipinski definition) is 2. The van der Waals surface area contributed by atoms with Gasteiger partial charge in [-0.1, -0.05) is 0 Å². The molecule has 1 heterocycles. The number of hydrogen-bond acceptors (Lipinski definition) is 4. The van der Waals surface area contributed by atoms with Crippen LogP contribution in [0.25, 0.3) is 0 Å². The minimum atomic E-state index is -0.264. The normalized spacial score (nSPS) is 12.0. The van der Waals surface area contributed by atoms with Gasteiger partial charge in [-0.25, -0.2) is 4.98 Å². The van der Waals surface area contributed by atoms with E-state index in [0.717, 1.165) is 5.56 Å². The van der Waals surface area contributed by atoms with E-state index in [1.54, 1.807) is 18.3 Å². The predicted molar refractivity (Wildman–Crippen MR) is 45.8 cm³/mol. The fourth-order valence-electron chi connectivity index (χ4n) is 0.912. The van der Waals surface area contributed by atoms with Crippen LogP contribution < -0.4 is 11.5 Å². The van der Waals surface area contributed by atoms with Gasteiger partial charge in [-0.05, 0) is 17.7 Å². The highest BCUT2D eigenvalue weighted by Gasteiger charge is 2.04. The fraction of sp³-hybridized carbons (Fsp3) is 0.250.